The SMILES string of the molecule is C(=Cc1ccccc1)[C]1CCCC1. The third kappa shape index (κ3) is 2.45. The first-order valence-electron chi connectivity index (χ1n) is 5.03. The van der Waals surface area contributed by atoms with E-state index in [-0.39, 0.29) is 0 Å². The summed E-state index contributed by atoms with van der Waals surface area (Å²) >= 11 is 0. The topological polar surface area (TPSA) is 0 Å². The Morgan fingerprint density at radius 1 is 0.846 bits per heavy atom. The molecule has 1 aromatic rings. The van der Waals surface area contributed by atoms with Gasteiger partial charge < -0.3 is 0 Å². The standard InChI is InChI=1S/C13H15/c1-2-6-12(7-3-1)10-11-13-8-4-5-9-13/h1-3,6-7,10-11H,4-5,8-9H2. The van der Waals surface area contributed by atoms with Crippen LogP contribution >= 0.6 is 0 Å². The molecule has 0 amide bonds. The van der Waals surface area contributed by atoms with Crippen LogP contribution in [-0.4, -0.2) is 0 Å². The van der Waals surface area contributed by atoms with Crippen molar-refractivity contribution in [2.75, 3.05) is 0 Å². The summed E-state index contributed by atoms with van der Waals surface area (Å²) < 4.78 is 0. The van der Waals surface area contributed by atoms with E-state index in [2.05, 4.69) is 42.5 Å². The summed E-state index contributed by atoms with van der Waals surface area (Å²) in [6.45, 7) is 0. The lowest BCUT2D eigenvalue weighted by atomic mass is 10.1. The van der Waals surface area contributed by atoms with Gasteiger partial charge in [-0.15, -0.1) is 0 Å². The molecular formula is C13H15. The van der Waals surface area contributed by atoms with Crippen LogP contribution < -0.4 is 0 Å². The van der Waals surface area contributed by atoms with Crippen LogP contribution in [0.3, 0.4) is 0 Å². The van der Waals surface area contributed by atoms with Gasteiger partial charge in [0.2, 0.25) is 0 Å². The minimum Gasteiger partial charge on any atom is -0.0768 e. The first-order chi connectivity index (χ1) is 6.45. The number of rotatable bonds is 2. The monoisotopic (exact) mass is 171 g/mol. The molecule has 1 aliphatic rings. The Kier molecular flexibility index (Phi) is 2.81. The maximum absolute atomic E-state index is 2.29. The predicted octanol–water partition coefficient (Wildman–Crippen LogP) is 3.85. The Bertz CT molecular complexity index is 265. The van der Waals surface area contributed by atoms with Crippen molar-refractivity contribution in [3.8, 4) is 0 Å². The molecule has 1 radical (unpaired) electrons. The fraction of sp³-hybridized carbons (Fsp3) is 0.308. The molecule has 0 bridgehead atoms. The predicted molar refractivity (Wildman–Crippen MR) is 57.2 cm³/mol. The van der Waals surface area contributed by atoms with Crippen LogP contribution in [0.2, 0.25) is 0 Å². The zero-order valence-corrected chi connectivity index (χ0v) is 7.87. The second-order valence-electron chi connectivity index (χ2n) is 3.61. The summed E-state index contributed by atoms with van der Waals surface area (Å²) in [5.41, 5.74) is 1.31. The lowest BCUT2D eigenvalue weighted by Gasteiger charge is -1.98. The van der Waals surface area contributed by atoms with Crippen LogP contribution in [0.1, 0.15) is 31.2 Å². The van der Waals surface area contributed by atoms with E-state index < -0.39 is 0 Å². The van der Waals surface area contributed by atoms with Crippen molar-refractivity contribution in [3.05, 3.63) is 47.9 Å². The van der Waals surface area contributed by atoms with Gasteiger partial charge in [-0.05, 0) is 24.3 Å². The number of allylic oxidation sites excluding steroid dienone is 1. The van der Waals surface area contributed by atoms with E-state index in [0.717, 1.165) is 0 Å². The number of hydrogen-bond acceptors (Lipinski definition) is 0. The van der Waals surface area contributed by atoms with Crippen molar-refractivity contribution in [1.82, 2.24) is 0 Å². The molecule has 0 unspecified atom stereocenters. The van der Waals surface area contributed by atoms with E-state index >= 15 is 0 Å². The van der Waals surface area contributed by atoms with Crippen molar-refractivity contribution in [2.24, 2.45) is 0 Å². The number of benzene rings is 1. The molecule has 0 spiro atoms. The molecular weight excluding hydrogens is 156 g/mol. The molecule has 2 rings (SSSR count). The van der Waals surface area contributed by atoms with Gasteiger partial charge in [0, 0.05) is 0 Å². The van der Waals surface area contributed by atoms with Gasteiger partial charge in [0.25, 0.3) is 0 Å². The molecule has 0 heteroatoms. The van der Waals surface area contributed by atoms with Crippen LogP contribution in [0.25, 0.3) is 6.08 Å². The average molecular weight is 171 g/mol. The molecule has 0 aliphatic heterocycles. The summed E-state index contributed by atoms with van der Waals surface area (Å²) in [4.78, 5) is 0. The highest BCUT2D eigenvalue weighted by atomic mass is 14.2. The van der Waals surface area contributed by atoms with Crippen LogP contribution in [0.4, 0.5) is 0 Å². The fourth-order valence-electron chi connectivity index (χ4n) is 1.77. The normalized spacial score (nSPS) is 18.5. The zero-order chi connectivity index (χ0) is 8.93. The minimum atomic E-state index is 1.31. The Morgan fingerprint density at radius 3 is 2.23 bits per heavy atom. The fourth-order valence-corrected chi connectivity index (χ4v) is 1.77. The lowest BCUT2D eigenvalue weighted by Crippen LogP contribution is -1.81. The molecule has 0 nitrogen and oxygen atoms in total. The van der Waals surface area contributed by atoms with Crippen LogP contribution in [0, 0.1) is 5.92 Å². The smallest absolute Gasteiger partial charge is 0.00239 e. The van der Waals surface area contributed by atoms with Crippen molar-refractivity contribution in [3.63, 3.8) is 0 Å². The maximum atomic E-state index is 2.29. The van der Waals surface area contributed by atoms with Gasteiger partial charge >= 0.3 is 0 Å². The molecule has 1 aromatic carbocycles. The summed E-state index contributed by atoms with van der Waals surface area (Å²) in [7, 11) is 0. The van der Waals surface area contributed by atoms with E-state index in [1.165, 1.54) is 31.2 Å². The summed E-state index contributed by atoms with van der Waals surface area (Å²) in [6.07, 6.45) is 9.90. The Morgan fingerprint density at radius 2 is 1.54 bits per heavy atom. The second-order valence-corrected chi connectivity index (χ2v) is 3.61. The van der Waals surface area contributed by atoms with Crippen molar-refractivity contribution >= 4 is 6.08 Å². The van der Waals surface area contributed by atoms with Crippen molar-refractivity contribution in [1.29, 1.82) is 0 Å². The quantitative estimate of drug-likeness (QED) is 0.634. The van der Waals surface area contributed by atoms with E-state index in [9.17, 15) is 0 Å². The van der Waals surface area contributed by atoms with Crippen LogP contribution in [0.15, 0.2) is 36.4 Å². The molecule has 13 heavy (non-hydrogen) atoms. The van der Waals surface area contributed by atoms with E-state index in [0.29, 0.717) is 0 Å². The van der Waals surface area contributed by atoms with Gasteiger partial charge in [-0.25, -0.2) is 0 Å². The first-order valence-corrected chi connectivity index (χ1v) is 5.03. The molecule has 67 valence electrons. The van der Waals surface area contributed by atoms with Gasteiger partial charge in [-0.1, -0.05) is 55.3 Å². The minimum absolute atomic E-state index is 1.31. The largest absolute Gasteiger partial charge is 0.0768 e. The highest BCUT2D eigenvalue weighted by Gasteiger charge is 2.11. The molecule has 0 N–H and O–H groups in total. The molecule has 1 fully saturated rings. The van der Waals surface area contributed by atoms with Crippen molar-refractivity contribution < 1.29 is 0 Å². The molecule has 0 saturated heterocycles. The first kappa shape index (κ1) is 8.55. The molecule has 1 saturated carbocycles. The van der Waals surface area contributed by atoms with Crippen LogP contribution in [0.5, 0.6) is 0 Å². The van der Waals surface area contributed by atoms with E-state index in [1.807, 2.05) is 0 Å². The Hall–Kier alpha value is -1.04. The highest BCUT2D eigenvalue weighted by molar-refractivity contribution is 5.51. The van der Waals surface area contributed by atoms with Gasteiger partial charge in [0.05, 0.1) is 0 Å². The van der Waals surface area contributed by atoms with E-state index in [1.54, 1.807) is 5.92 Å². The van der Waals surface area contributed by atoms with Gasteiger partial charge in [-0.3, -0.25) is 0 Å². The van der Waals surface area contributed by atoms with Gasteiger partial charge in [0.1, 0.15) is 0 Å². The number of hydrogen-bond donors (Lipinski definition) is 0. The summed E-state index contributed by atoms with van der Waals surface area (Å²) in [5.74, 6) is 1.61. The highest BCUT2D eigenvalue weighted by Crippen LogP contribution is 2.28. The molecule has 0 aromatic heterocycles. The lowest BCUT2D eigenvalue weighted by molar-refractivity contribution is 0.886. The maximum Gasteiger partial charge on any atom is -0.00239 e. The Labute approximate surface area is 80.3 Å². The molecule has 1 aliphatic carbocycles. The van der Waals surface area contributed by atoms with Gasteiger partial charge in [0.15, 0.2) is 0 Å². The van der Waals surface area contributed by atoms with Crippen molar-refractivity contribution in [2.45, 2.75) is 25.7 Å². The summed E-state index contributed by atoms with van der Waals surface area (Å²) in [5, 5.41) is 0. The van der Waals surface area contributed by atoms with Crippen LogP contribution in [-0.2, 0) is 0 Å². The second kappa shape index (κ2) is 4.27. The zero-order valence-electron chi connectivity index (χ0n) is 7.87. The molecule has 0 atom stereocenters. The van der Waals surface area contributed by atoms with E-state index in [4.69, 9.17) is 0 Å². The summed E-state index contributed by atoms with van der Waals surface area (Å²) in [6, 6.07) is 10.5. The average Bonchev–Trinajstić information content (AvgIpc) is 2.69. The Balaban J connectivity index is 1.97. The third-order valence-electron chi connectivity index (χ3n) is 2.56. The molecule has 0 heterocycles. The van der Waals surface area contributed by atoms with Gasteiger partial charge in [-0.2, -0.15) is 0 Å². The third-order valence-corrected chi connectivity index (χ3v) is 2.56.